The van der Waals surface area contributed by atoms with Crippen LogP contribution in [-0.2, 0) is 4.74 Å². The van der Waals surface area contributed by atoms with E-state index in [1.807, 2.05) is 58.0 Å². The summed E-state index contributed by atoms with van der Waals surface area (Å²) in [5.74, 6) is 1.18. The first-order valence-electron chi connectivity index (χ1n) is 11.1. The van der Waals surface area contributed by atoms with Gasteiger partial charge < -0.3 is 19.9 Å². The maximum absolute atomic E-state index is 12.7. The molecular weight excluding hydrogens is 406 g/mol. The molecule has 2 fully saturated rings. The topological polar surface area (TPSA) is 87.7 Å². The summed E-state index contributed by atoms with van der Waals surface area (Å²) in [6, 6.07) is 9.69. The number of likely N-dealkylation sites (tertiary alicyclic amines) is 1. The largest absolute Gasteiger partial charge is 0.444 e. The van der Waals surface area contributed by atoms with Gasteiger partial charge in [0.15, 0.2) is 0 Å². The van der Waals surface area contributed by atoms with Crippen molar-refractivity contribution in [3.8, 4) is 0 Å². The van der Waals surface area contributed by atoms with Crippen LogP contribution in [0.25, 0.3) is 0 Å². The monoisotopic (exact) mass is 437 g/mol. The number of aromatic nitrogens is 2. The molecule has 0 aliphatic carbocycles. The third-order valence-corrected chi connectivity index (χ3v) is 5.96. The second kappa shape index (κ2) is 8.76. The Hall–Kier alpha value is -3.16. The fraction of sp³-hybridized carbons (Fsp3) is 0.500. The van der Waals surface area contributed by atoms with Crippen molar-refractivity contribution in [1.82, 2.24) is 20.2 Å². The summed E-state index contributed by atoms with van der Waals surface area (Å²) in [6.45, 7) is 10.5. The molecule has 0 saturated carbocycles. The van der Waals surface area contributed by atoms with Crippen molar-refractivity contribution < 1.29 is 14.3 Å². The molecular formula is C24H31N5O3. The highest BCUT2D eigenvalue weighted by molar-refractivity contribution is 5.92. The Labute approximate surface area is 189 Å². The number of amides is 2. The number of anilines is 1. The second-order valence-electron chi connectivity index (χ2n) is 9.68. The van der Waals surface area contributed by atoms with Crippen LogP contribution in [0.2, 0.25) is 0 Å². The van der Waals surface area contributed by atoms with Gasteiger partial charge in [-0.25, -0.2) is 9.78 Å². The van der Waals surface area contributed by atoms with E-state index < -0.39 is 5.60 Å². The Balaban J connectivity index is 1.36. The van der Waals surface area contributed by atoms with E-state index in [4.69, 9.17) is 4.74 Å². The zero-order valence-corrected chi connectivity index (χ0v) is 19.1. The van der Waals surface area contributed by atoms with E-state index >= 15 is 0 Å². The highest BCUT2D eigenvalue weighted by atomic mass is 16.6. The van der Waals surface area contributed by atoms with Crippen molar-refractivity contribution >= 4 is 17.8 Å². The molecule has 32 heavy (non-hydrogen) atoms. The number of hydrogen-bond acceptors (Lipinski definition) is 6. The Morgan fingerprint density at radius 1 is 1.06 bits per heavy atom. The predicted molar refractivity (Wildman–Crippen MR) is 121 cm³/mol. The van der Waals surface area contributed by atoms with E-state index in [-0.39, 0.29) is 18.0 Å². The van der Waals surface area contributed by atoms with E-state index in [0.717, 1.165) is 18.7 Å². The molecule has 4 rings (SSSR count). The van der Waals surface area contributed by atoms with Crippen LogP contribution in [0.5, 0.6) is 0 Å². The highest BCUT2D eigenvalue weighted by Crippen LogP contribution is 2.33. The first-order valence-corrected chi connectivity index (χ1v) is 11.1. The minimum Gasteiger partial charge on any atom is -0.444 e. The lowest BCUT2D eigenvalue weighted by molar-refractivity contribution is 0.0282. The van der Waals surface area contributed by atoms with Crippen molar-refractivity contribution in [3.63, 3.8) is 0 Å². The molecule has 1 N–H and O–H groups in total. The Morgan fingerprint density at radius 2 is 1.72 bits per heavy atom. The molecule has 0 radical (unpaired) electrons. The fourth-order valence-electron chi connectivity index (χ4n) is 4.37. The molecule has 0 bridgehead atoms. The lowest BCUT2D eigenvalue weighted by Gasteiger charge is -2.26. The van der Waals surface area contributed by atoms with Crippen LogP contribution in [-0.4, -0.2) is 58.6 Å². The van der Waals surface area contributed by atoms with Gasteiger partial charge in [-0.1, -0.05) is 30.3 Å². The molecule has 2 aliphatic rings. The summed E-state index contributed by atoms with van der Waals surface area (Å²) in [5, 5.41) is 2.99. The van der Waals surface area contributed by atoms with E-state index in [1.54, 1.807) is 11.1 Å². The van der Waals surface area contributed by atoms with Gasteiger partial charge in [-0.2, -0.15) is 0 Å². The van der Waals surface area contributed by atoms with Gasteiger partial charge in [0.1, 0.15) is 17.1 Å². The number of carbonyl (C=O) groups is 2. The van der Waals surface area contributed by atoms with Gasteiger partial charge in [-0.05, 0) is 33.3 Å². The third-order valence-electron chi connectivity index (χ3n) is 5.96. The van der Waals surface area contributed by atoms with E-state index in [2.05, 4.69) is 20.2 Å². The number of hydrogen-bond donors (Lipinski definition) is 1. The van der Waals surface area contributed by atoms with Gasteiger partial charge in [0.25, 0.3) is 5.91 Å². The summed E-state index contributed by atoms with van der Waals surface area (Å²) in [4.78, 5) is 37.9. The van der Waals surface area contributed by atoms with Crippen molar-refractivity contribution in [2.24, 2.45) is 11.8 Å². The van der Waals surface area contributed by atoms with Gasteiger partial charge >= 0.3 is 6.09 Å². The maximum Gasteiger partial charge on any atom is 0.410 e. The molecule has 170 valence electrons. The average molecular weight is 438 g/mol. The molecule has 1 aromatic carbocycles. The number of ether oxygens (including phenoxy) is 1. The number of benzene rings is 1. The SMILES string of the molecule is CC(NC(=O)c1cncc(N2CC3CN(C(=O)OC(C)(C)C)CC3C2)n1)c1ccccc1. The van der Waals surface area contributed by atoms with Crippen molar-refractivity contribution in [2.75, 3.05) is 31.1 Å². The molecule has 8 heteroatoms. The van der Waals surface area contributed by atoms with Crippen LogP contribution < -0.4 is 10.2 Å². The minimum absolute atomic E-state index is 0.126. The van der Waals surface area contributed by atoms with Gasteiger partial charge in [0, 0.05) is 38.0 Å². The highest BCUT2D eigenvalue weighted by Gasteiger charge is 2.43. The van der Waals surface area contributed by atoms with Crippen molar-refractivity contribution in [1.29, 1.82) is 0 Å². The smallest absolute Gasteiger partial charge is 0.410 e. The molecule has 2 aliphatic heterocycles. The van der Waals surface area contributed by atoms with Crippen molar-refractivity contribution in [2.45, 2.75) is 39.3 Å². The lowest BCUT2D eigenvalue weighted by Crippen LogP contribution is -2.37. The van der Waals surface area contributed by atoms with Gasteiger partial charge in [-0.15, -0.1) is 0 Å². The fourth-order valence-corrected chi connectivity index (χ4v) is 4.37. The number of fused-ring (bicyclic) bond motifs is 1. The summed E-state index contributed by atoms with van der Waals surface area (Å²) in [6.07, 6.45) is 2.95. The van der Waals surface area contributed by atoms with Crippen LogP contribution >= 0.6 is 0 Å². The molecule has 2 saturated heterocycles. The zero-order valence-electron chi connectivity index (χ0n) is 19.1. The Morgan fingerprint density at radius 3 is 2.34 bits per heavy atom. The van der Waals surface area contributed by atoms with Crippen LogP contribution in [0.3, 0.4) is 0 Å². The summed E-state index contributed by atoms with van der Waals surface area (Å²) < 4.78 is 5.51. The molecule has 2 amide bonds. The number of nitrogens with one attached hydrogen (secondary N) is 1. The quantitative estimate of drug-likeness (QED) is 0.790. The van der Waals surface area contributed by atoms with E-state index in [0.29, 0.717) is 36.4 Å². The van der Waals surface area contributed by atoms with Gasteiger partial charge in [-0.3, -0.25) is 9.78 Å². The first kappa shape index (κ1) is 22.0. The molecule has 0 spiro atoms. The molecule has 3 atom stereocenters. The average Bonchev–Trinajstić information content (AvgIpc) is 3.33. The molecule has 3 unspecified atom stereocenters. The van der Waals surface area contributed by atoms with Crippen molar-refractivity contribution in [3.05, 3.63) is 54.0 Å². The summed E-state index contributed by atoms with van der Waals surface area (Å²) >= 11 is 0. The van der Waals surface area contributed by atoms with Crippen LogP contribution in [0, 0.1) is 11.8 Å². The normalized spacial score (nSPS) is 21.2. The molecule has 8 nitrogen and oxygen atoms in total. The molecule has 1 aromatic heterocycles. The lowest BCUT2D eigenvalue weighted by atomic mass is 10.0. The predicted octanol–water partition coefficient (Wildman–Crippen LogP) is 3.27. The van der Waals surface area contributed by atoms with Crippen LogP contribution in [0.1, 0.15) is 49.8 Å². The standard InChI is InChI=1S/C24H31N5O3/c1-16(17-8-6-5-7-9-17)26-22(30)20-10-25-11-21(27-20)28-12-18-14-29(15-19(18)13-28)23(31)32-24(2,3)4/h5-11,16,18-19H,12-15H2,1-4H3,(H,26,30). The Kier molecular flexibility index (Phi) is 6.04. The summed E-state index contributed by atoms with van der Waals surface area (Å²) in [5.41, 5.74) is 0.847. The minimum atomic E-state index is -0.491. The maximum atomic E-state index is 12.7. The first-order chi connectivity index (χ1) is 15.2. The molecule has 3 heterocycles. The van der Waals surface area contributed by atoms with Crippen LogP contribution in [0.4, 0.5) is 10.6 Å². The van der Waals surface area contributed by atoms with Gasteiger partial charge in [0.05, 0.1) is 18.4 Å². The summed E-state index contributed by atoms with van der Waals surface area (Å²) in [7, 11) is 0. The van der Waals surface area contributed by atoms with E-state index in [1.165, 1.54) is 6.20 Å². The number of rotatable bonds is 4. The third kappa shape index (κ3) is 5.00. The van der Waals surface area contributed by atoms with Crippen LogP contribution in [0.15, 0.2) is 42.7 Å². The van der Waals surface area contributed by atoms with Gasteiger partial charge in [0.2, 0.25) is 0 Å². The Bertz CT molecular complexity index is 961. The zero-order chi connectivity index (χ0) is 22.9. The number of nitrogens with zero attached hydrogens (tertiary/aromatic N) is 4. The molecule has 2 aromatic rings. The second-order valence-corrected chi connectivity index (χ2v) is 9.68. The number of carbonyl (C=O) groups excluding carboxylic acids is 2. The van der Waals surface area contributed by atoms with E-state index in [9.17, 15) is 9.59 Å².